The van der Waals surface area contributed by atoms with Crippen molar-refractivity contribution in [2.45, 2.75) is 32.7 Å². The maximum atomic E-state index is 12.2. The summed E-state index contributed by atoms with van der Waals surface area (Å²) in [6.45, 7) is 4.89. The average molecular weight is 288 g/mol. The van der Waals surface area contributed by atoms with Crippen LogP contribution in [0.1, 0.15) is 26.0 Å². The summed E-state index contributed by atoms with van der Waals surface area (Å²) < 4.78 is 1.93. The number of nitrogens with zero attached hydrogens (tertiary/aromatic N) is 3. The van der Waals surface area contributed by atoms with Crippen molar-refractivity contribution < 1.29 is 4.79 Å². The number of amides is 1. The topological polar surface area (TPSA) is 63.6 Å². The molecule has 0 radical (unpaired) electrons. The molecule has 0 aromatic carbocycles. The molecule has 1 unspecified atom stereocenters. The molecule has 0 saturated heterocycles. The lowest BCUT2D eigenvalue weighted by molar-refractivity contribution is -0.129. The molecule has 2 aromatic heterocycles. The predicted molar refractivity (Wildman–Crippen MR) is 84.0 cm³/mol. The fourth-order valence-electron chi connectivity index (χ4n) is 2.16. The normalized spacial score (nSPS) is 12.8. The number of hydrogen-bond donors (Lipinski definition) is 1. The van der Waals surface area contributed by atoms with Crippen molar-refractivity contribution in [3.8, 4) is 0 Å². The zero-order valence-electron chi connectivity index (χ0n) is 13.0. The maximum absolute atomic E-state index is 12.2. The van der Waals surface area contributed by atoms with Gasteiger partial charge in [-0.25, -0.2) is 4.98 Å². The Morgan fingerprint density at radius 3 is 2.86 bits per heavy atom. The van der Waals surface area contributed by atoms with E-state index in [1.165, 1.54) is 0 Å². The first-order valence-electron chi connectivity index (χ1n) is 7.39. The van der Waals surface area contributed by atoms with Gasteiger partial charge >= 0.3 is 0 Å². The van der Waals surface area contributed by atoms with Crippen LogP contribution >= 0.6 is 0 Å². The van der Waals surface area contributed by atoms with E-state index < -0.39 is 0 Å². The third-order valence-electron chi connectivity index (χ3n) is 3.83. The largest absolute Gasteiger partial charge is 0.345 e. The summed E-state index contributed by atoms with van der Waals surface area (Å²) in [4.78, 5) is 18.4. The Hall–Kier alpha value is -1.88. The first-order chi connectivity index (χ1) is 9.97. The highest BCUT2D eigenvalue weighted by Crippen LogP contribution is 2.08. The molecule has 0 aliphatic rings. The lowest BCUT2D eigenvalue weighted by atomic mass is 10.0. The van der Waals surface area contributed by atoms with Crippen molar-refractivity contribution in [3.63, 3.8) is 0 Å². The second kappa shape index (κ2) is 6.72. The minimum atomic E-state index is 0.0781. The predicted octanol–water partition coefficient (Wildman–Crippen LogP) is 1.71. The van der Waals surface area contributed by atoms with Crippen LogP contribution in [-0.2, 0) is 11.2 Å². The van der Waals surface area contributed by atoms with Crippen LogP contribution in [0.15, 0.2) is 30.6 Å². The van der Waals surface area contributed by atoms with Gasteiger partial charge in [0, 0.05) is 32.0 Å². The zero-order chi connectivity index (χ0) is 15.4. The smallest absolute Gasteiger partial charge is 0.228 e. The number of imidazole rings is 1. The molecule has 1 atom stereocenters. The molecule has 0 spiro atoms. The molecule has 2 heterocycles. The van der Waals surface area contributed by atoms with Gasteiger partial charge < -0.3 is 15.0 Å². The maximum Gasteiger partial charge on any atom is 0.228 e. The fourth-order valence-corrected chi connectivity index (χ4v) is 2.16. The quantitative estimate of drug-likeness (QED) is 0.880. The molecule has 0 aliphatic carbocycles. The molecule has 5 nitrogen and oxygen atoms in total. The highest BCUT2D eigenvalue weighted by molar-refractivity contribution is 5.78. The van der Waals surface area contributed by atoms with Gasteiger partial charge in [0.05, 0.1) is 12.1 Å². The first kappa shape index (κ1) is 15.5. The van der Waals surface area contributed by atoms with Crippen molar-refractivity contribution in [3.05, 3.63) is 36.3 Å². The Bertz CT molecular complexity index is 572. The van der Waals surface area contributed by atoms with Gasteiger partial charge in [0.2, 0.25) is 5.91 Å². The first-order valence-corrected chi connectivity index (χ1v) is 7.39. The number of fused-ring (bicyclic) bond motifs is 1. The summed E-state index contributed by atoms with van der Waals surface area (Å²) in [7, 11) is 1.82. The summed E-state index contributed by atoms with van der Waals surface area (Å²) in [5.74, 6) is 0.515. The summed E-state index contributed by atoms with van der Waals surface area (Å²) in [6.07, 6.45) is 4.99. The lowest BCUT2D eigenvalue weighted by Crippen LogP contribution is -2.35. The van der Waals surface area contributed by atoms with Gasteiger partial charge in [-0.15, -0.1) is 0 Å². The van der Waals surface area contributed by atoms with E-state index in [1.807, 2.05) is 42.0 Å². The van der Waals surface area contributed by atoms with Gasteiger partial charge in [0.25, 0.3) is 0 Å². The summed E-state index contributed by atoms with van der Waals surface area (Å²) in [5, 5.41) is 0. The number of carbonyl (C=O) groups excluding carboxylic acids is 1. The molecule has 1 amide bonds. The van der Waals surface area contributed by atoms with E-state index in [2.05, 4.69) is 18.8 Å². The SMILES string of the molecule is CC(C)C(N)CCN(C)C(=O)Cc1cn2ccccc2n1. The molecule has 2 rings (SSSR count). The van der Waals surface area contributed by atoms with Crippen LogP contribution in [0.3, 0.4) is 0 Å². The van der Waals surface area contributed by atoms with Gasteiger partial charge in [-0.2, -0.15) is 0 Å². The van der Waals surface area contributed by atoms with Crippen molar-refractivity contribution in [2.24, 2.45) is 11.7 Å². The molecule has 0 fully saturated rings. The standard InChI is InChI=1S/C16H24N4O/c1-12(2)14(17)7-9-19(3)16(21)10-13-11-20-8-5-4-6-15(20)18-13/h4-6,8,11-12,14H,7,9-10,17H2,1-3H3. The van der Waals surface area contributed by atoms with Gasteiger partial charge in [-0.1, -0.05) is 19.9 Å². The van der Waals surface area contributed by atoms with Gasteiger partial charge in [-0.3, -0.25) is 4.79 Å². The fraction of sp³-hybridized carbons (Fsp3) is 0.500. The minimum Gasteiger partial charge on any atom is -0.345 e. The van der Waals surface area contributed by atoms with Gasteiger partial charge in [-0.05, 0) is 24.5 Å². The van der Waals surface area contributed by atoms with E-state index in [9.17, 15) is 4.79 Å². The molecule has 21 heavy (non-hydrogen) atoms. The van der Waals surface area contributed by atoms with Crippen LogP contribution in [0.4, 0.5) is 0 Å². The number of pyridine rings is 1. The Morgan fingerprint density at radius 2 is 2.19 bits per heavy atom. The number of hydrogen-bond acceptors (Lipinski definition) is 3. The van der Waals surface area contributed by atoms with Crippen LogP contribution in [0.2, 0.25) is 0 Å². The van der Waals surface area contributed by atoms with Crippen LogP contribution in [0, 0.1) is 5.92 Å². The highest BCUT2D eigenvalue weighted by Gasteiger charge is 2.14. The summed E-state index contributed by atoms with van der Waals surface area (Å²) >= 11 is 0. The monoisotopic (exact) mass is 288 g/mol. The van der Waals surface area contributed by atoms with Crippen molar-refractivity contribution >= 4 is 11.6 Å². The van der Waals surface area contributed by atoms with Gasteiger partial charge in [0.1, 0.15) is 5.65 Å². The van der Waals surface area contributed by atoms with E-state index in [0.717, 1.165) is 17.8 Å². The average Bonchev–Trinajstić information content (AvgIpc) is 2.86. The molecule has 2 N–H and O–H groups in total. The molecule has 0 bridgehead atoms. The number of aromatic nitrogens is 2. The van der Waals surface area contributed by atoms with Crippen molar-refractivity contribution in [1.29, 1.82) is 0 Å². The Morgan fingerprint density at radius 1 is 1.43 bits per heavy atom. The van der Waals surface area contributed by atoms with Crippen molar-refractivity contribution in [1.82, 2.24) is 14.3 Å². The highest BCUT2D eigenvalue weighted by atomic mass is 16.2. The Kier molecular flexibility index (Phi) is 4.96. The number of nitrogens with two attached hydrogens (primary N) is 1. The zero-order valence-corrected chi connectivity index (χ0v) is 13.0. The third-order valence-corrected chi connectivity index (χ3v) is 3.83. The molecule has 5 heteroatoms. The van der Waals surface area contributed by atoms with E-state index in [1.54, 1.807) is 4.90 Å². The van der Waals surface area contributed by atoms with Gasteiger partial charge in [0.15, 0.2) is 0 Å². The molecule has 0 saturated carbocycles. The van der Waals surface area contributed by atoms with E-state index in [4.69, 9.17) is 5.73 Å². The van der Waals surface area contributed by atoms with E-state index in [0.29, 0.717) is 18.9 Å². The third kappa shape index (κ3) is 4.04. The number of likely N-dealkylation sites (N-methyl/N-ethyl adjacent to an activating group) is 1. The lowest BCUT2D eigenvalue weighted by Gasteiger charge is -2.21. The van der Waals surface area contributed by atoms with Crippen LogP contribution < -0.4 is 5.73 Å². The molecular formula is C16H24N4O. The van der Waals surface area contributed by atoms with Crippen LogP contribution in [0.5, 0.6) is 0 Å². The molecule has 114 valence electrons. The second-order valence-corrected chi connectivity index (χ2v) is 5.89. The van der Waals surface area contributed by atoms with Crippen molar-refractivity contribution in [2.75, 3.05) is 13.6 Å². The summed E-state index contributed by atoms with van der Waals surface area (Å²) in [5.41, 5.74) is 7.68. The second-order valence-electron chi connectivity index (χ2n) is 5.89. The molecule has 2 aromatic rings. The number of carbonyl (C=O) groups is 1. The molecular weight excluding hydrogens is 264 g/mol. The van der Waals surface area contributed by atoms with E-state index in [-0.39, 0.29) is 11.9 Å². The van der Waals surface area contributed by atoms with E-state index >= 15 is 0 Å². The minimum absolute atomic E-state index is 0.0781. The Labute approximate surface area is 125 Å². The molecule has 0 aliphatic heterocycles. The van der Waals surface area contributed by atoms with Crippen LogP contribution in [0.25, 0.3) is 5.65 Å². The Balaban J connectivity index is 1.91. The summed E-state index contributed by atoms with van der Waals surface area (Å²) in [6, 6.07) is 5.95. The van der Waals surface area contributed by atoms with Crippen LogP contribution in [-0.4, -0.2) is 39.8 Å². The number of rotatable bonds is 6.